The molecule has 0 saturated carbocycles. The minimum atomic E-state index is 0.436. The average Bonchev–Trinajstić information content (AvgIpc) is 2.86. The molecule has 0 unspecified atom stereocenters. The number of aromatic nitrogens is 2. The number of hydrogen-bond donors (Lipinski definition) is 3. The van der Waals surface area contributed by atoms with Crippen LogP contribution < -0.4 is 16.6 Å². The highest BCUT2D eigenvalue weighted by Crippen LogP contribution is 2.29. The van der Waals surface area contributed by atoms with Crippen molar-refractivity contribution in [3.05, 3.63) is 10.9 Å². The Labute approximate surface area is 129 Å². The SMILES string of the molecule is CCCCOCCCNc1nc(NN)nc2sc(C)cc12. The lowest BCUT2D eigenvalue weighted by molar-refractivity contribution is 0.131. The van der Waals surface area contributed by atoms with Crippen LogP contribution in [0.25, 0.3) is 10.2 Å². The molecule has 0 aromatic carbocycles. The van der Waals surface area contributed by atoms with Crippen LogP contribution in [0.1, 0.15) is 31.1 Å². The van der Waals surface area contributed by atoms with Crippen molar-refractivity contribution >= 4 is 33.3 Å². The molecule has 0 spiro atoms. The van der Waals surface area contributed by atoms with Crippen molar-refractivity contribution in [3.63, 3.8) is 0 Å². The molecule has 2 heterocycles. The molecule has 0 aliphatic rings. The molecular formula is C14H23N5OS. The van der Waals surface area contributed by atoms with Gasteiger partial charge in [0, 0.05) is 24.6 Å². The Morgan fingerprint density at radius 3 is 2.86 bits per heavy atom. The van der Waals surface area contributed by atoms with Crippen LogP contribution in [0.4, 0.5) is 11.8 Å². The van der Waals surface area contributed by atoms with Crippen molar-refractivity contribution in [2.75, 3.05) is 30.5 Å². The first-order valence-electron chi connectivity index (χ1n) is 7.31. The summed E-state index contributed by atoms with van der Waals surface area (Å²) in [6, 6.07) is 2.10. The van der Waals surface area contributed by atoms with E-state index in [9.17, 15) is 0 Å². The Morgan fingerprint density at radius 2 is 2.10 bits per heavy atom. The highest BCUT2D eigenvalue weighted by Gasteiger charge is 2.09. The van der Waals surface area contributed by atoms with Crippen molar-refractivity contribution in [2.45, 2.75) is 33.1 Å². The molecule has 0 aliphatic carbocycles. The maximum absolute atomic E-state index is 5.55. The summed E-state index contributed by atoms with van der Waals surface area (Å²) in [7, 11) is 0. The fourth-order valence-corrected chi connectivity index (χ4v) is 2.85. The molecule has 7 heteroatoms. The topological polar surface area (TPSA) is 85.1 Å². The quantitative estimate of drug-likeness (QED) is 0.375. The van der Waals surface area contributed by atoms with E-state index < -0.39 is 0 Å². The number of nitrogens with one attached hydrogen (secondary N) is 2. The van der Waals surface area contributed by atoms with Gasteiger partial charge < -0.3 is 10.1 Å². The highest BCUT2D eigenvalue weighted by molar-refractivity contribution is 7.18. The number of thiophene rings is 1. The summed E-state index contributed by atoms with van der Waals surface area (Å²) in [5.74, 6) is 6.68. The van der Waals surface area contributed by atoms with Gasteiger partial charge in [-0.3, -0.25) is 5.43 Å². The smallest absolute Gasteiger partial charge is 0.240 e. The van der Waals surface area contributed by atoms with Gasteiger partial charge in [-0.15, -0.1) is 11.3 Å². The molecule has 0 saturated heterocycles. The van der Waals surface area contributed by atoms with Gasteiger partial charge in [-0.05, 0) is 25.8 Å². The molecule has 0 aliphatic heterocycles. The number of nitrogens with two attached hydrogens (primary N) is 1. The number of rotatable bonds is 9. The summed E-state index contributed by atoms with van der Waals surface area (Å²) in [4.78, 5) is 10.9. The zero-order valence-corrected chi connectivity index (χ0v) is 13.4. The van der Waals surface area contributed by atoms with Gasteiger partial charge >= 0.3 is 0 Å². The molecule has 0 radical (unpaired) electrons. The van der Waals surface area contributed by atoms with Gasteiger partial charge in [0.15, 0.2) is 0 Å². The predicted octanol–water partition coefficient (Wildman–Crippen LogP) is 2.90. The van der Waals surface area contributed by atoms with Gasteiger partial charge in [0.1, 0.15) is 10.6 Å². The van der Waals surface area contributed by atoms with Gasteiger partial charge in [-0.1, -0.05) is 13.3 Å². The fraction of sp³-hybridized carbons (Fsp3) is 0.571. The molecule has 2 rings (SSSR count). The van der Waals surface area contributed by atoms with Gasteiger partial charge in [0.25, 0.3) is 0 Å². The highest BCUT2D eigenvalue weighted by atomic mass is 32.1. The van der Waals surface area contributed by atoms with E-state index in [-0.39, 0.29) is 0 Å². The number of anilines is 2. The zero-order valence-electron chi connectivity index (χ0n) is 12.6. The van der Waals surface area contributed by atoms with Crippen molar-refractivity contribution in [3.8, 4) is 0 Å². The molecule has 2 aromatic rings. The van der Waals surface area contributed by atoms with E-state index in [4.69, 9.17) is 10.6 Å². The molecular weight excluding hydrogens is 286 g/mol. The van der Waals surface area contributed by atoms with Crippen LogP contribution in [0.2, 0.25) is 0 Å². The Hall–Kier alpha value is -1.44. The van der Waals surface area contributed by atoms with Crippen LogP contribution in [0.5, 0.6) is 0 Å². The van der Waals surface area contributed by atoms with Gasteiger partial charge in [0.05, 0.1) is 5.39 Å². The lowest BCUT2D eigenvalue weighted by Crippen LogP contribution is -2.13. The van der Waals surface area contributed by atoms with Crippen LogP contribution in [0.15, 0.2) is 6.07 Å². The minimum absolute atomic E-state index is 0.436. The molecule has 2 aromatic heterocycles. The third-order valence-corrected chi connectivity index (χ3v) is 3.99. The van der Waals surface area contributed by atoms with E-state index in [0.29, 0.717) is 5.95 Å². The zero-order chi connectivity index (χ0) is 15.1. The lowest BCUT2D eigenvalue weighted by Gasteiger charge is -2.08. The molecule has 6 nitrogen and oxygen atoms in total. The van der Waals surface area contributed by atoms with Crippen molar-refractivity contribution < 1.29 is 4.74 Å². The van der Waals surface area contributed by atoms with Crippen molar-refractivity contribution in [1.82, 2.24) is 9.97 Å². The minimum Gasteiger partial charge on any atom is -0.381 e. The summed E-state index contributed by atoms with van der Waals surface area (Å²) in [5, 5.41) is 4.39. The standard InChI is InChI=1S/C14H23N5OS/c1-3-4-7-20-8-5-6-16-12-11-9-10(2)21-13(11)18-14(17-12)19-15/h9H,3-8,15H2,1-2H3,(H2,16,17,18,19). The maximum atomic E-state index is 5.55. The second-order valence-electron chi connectivity index (χ2n) is 4.86. The molecule has 0 amide bonds. The second-order valence-corrected chi connectivity index (χ2v) is 6.10. The second kappa shape index (κ2) is 8.11. The predicted molar refractivity (Wildman–Crippen MR) is 88.8 cm³/mol. The number of hydrogen-bond acceptors (Lipinski definition) is 7. The number of hydrazine groups is 1. The molecule has 116 valence electrons. The van der Waals surface area contributed by atoms with Gasteiger partial charge in [-0.2, -0.15) is 4.98 Å². The molecule has 0 fully saturated rings. The Morgan fingerprint density at radius 1 is 1.29 bits per heavy atom. The normalized spacial score (nSPS) is 11.0. The van der Waals surface area contributed by atoms with Gasteiger partial charge in [0.2, 0.25) is 5.95 Å². The molecule has 4 N–H and O–H groups in total. The lowest BCUT2D eigenvalue weighted by atomic mass is 10.3. The molecule has 0 bridgehead atoms. The van der Waals surface area contributed by atoms with E-state index in [1.54, 1.807) is 11.3 Å². The number of fused-ring (bicyclic) bond motifs is 1. The maximum Gasteiger partial charge on any atom is 0.240 e. The van der Waals surface area contributed by atoms with Crippen molar-refractivity contribution in [2.24, 2.45) is 5.84 Å². The monoisotopic (exact) mass is 309 g/mol. The number of ether oxygens (including phenoxy) is 1. The molecule has 0 atom stereocenters. The fourth-order valence-electron chi connectivity index (χ4n) is 1.97. The largest absolute Gasteiger partial charge is 0.381 e. The summed E-state index contributed by atoms with van der Waals surface area (Å²) in [5.41, 5.74) is 2.51. The first-order valence-corrected chi connectivity index (χ1v) is 8.12. The van der Waals surface area contributed by atoms with Crippen molar-refractivity contribution in [1.29, 1.82) is 0 Å². The van der Waals surface area contributed by atoms with Crippen LogP contribution in [0, 0.1) is 6.92 Å². The Bertz CT molecular complexity index is 572. The number of unbranched alkanes of at least 4 members (excludes halogenated alkanes) is 1. The van der Waals surface area contributed by atoms with E-state index in [0.717, 1.165) is 48.6 Å². The van der Waals surface area contributed by atoms with Crippen LogP contribution in [-0.2, 0) is 4.74 Å². The Kier molecular flexibility index (Phi) is 6.16. The van der Waals surface area contributed by atoms with E-state index in [2.05, 4.69) is 40.6 Å². The summed E-state index contributed by atoms with van der Waals surface area (Å²) in [6.07, 6.45) is 3.24. The third kappa shape index (κ3) is 4.52. The summed E-state index contributed by atoms with van der Waals surface area (Å²) >= 11 is 1.64. The van der Waals surface area contributed by atoms with Crippen LogP contribution >= 0.6 is 11.3 Å². The van der Waals surface area contributed by atoms with Crippen LogP contribution in [-0.4, -0.2) is 29.7 Å². The first kappa shape index (κ1) is 15.9. The van der Waals surface area contributed by atoms with E-state index in [1.807, 2.05) is 0 Å². The van der Waals surface area contributed by atoms with E-state index >= 15 is 0 Å². The Balaban J connectivity index is 1.91. The summed E-state index contributed by atoms with van der Waals surface area (Å²) in [6.45, 7) is 6.66. The average molecular weight is 309 g/mol. The number of nitrogen functional groups attached to an aromatic ring is 1. The van der Waals surface area contributed by atoms with E-state index in [1.165, 1.54) is 11.3 Å². The van der Waals surface area contributed by atoms with Crippen LogP contribution in [0.3, 0.4) is 0 Å². The van der Waals surface area contributed by atoms with Gasteiger partial charge in [-0.25, -0.2) is 10.8 Å². The summed E-state index contributed by atoms with van der Waals surface area (Å²) < 4.78 is 5.55. The molecule has 21 heavy (non-hydrogen) atoms. The number of nitrogens with zero attached hydrogens (tertiary/aromatic N) is 2. The first-order chi connectivity index (χ1) is 10.2. The third-order valence-electron chi connectivity index (χ3n) is 3.05. The number of aryl methyl sites for hydroxylation is 1.